The van der Waals surface area contributed by atoms with Crippen LogP contribution >= 0.6 is 11.3 Å². The molecule has 11 heteroatoms. The highest BCUT2D eigenvalue weighted by Gasteiger charge is 2.30. The van der Waals surface area contributed by atoms with Crippen LogP contribution in [0.1, 0.15) is 11.3 Å². The molecule has 2 aromatic carbocycles. The third-order valence-electron chi connectivity index (χ3n) is 4.36. The van der Waals surface area contributed by atoms with Crippen molar-refractivity contribution in [3.8, 4) is 10.6 Å². The maximum absolute atomic E-state index is 12.7. The number of nitro groups is 1. The molecule has 0 spiro atoms. The second-order valence-corrected chi connectivity index (χ2v) is 7.21. The largest absolute Gasteiger partial charge is 0.416 e. The van der Waals surface area contributed by atoms with Gasteiger partial charge >= 0.3 is 6.18 Å². The van der Waals surface area contributed by atoms with Crippen LogP contribution in [0.2, 0.25) is 0 Å². The van der Waals surface area contributed by atoms with E-state index in [0.717, 1.165) is 12.1 Å². The zero-order valence-corrected chi connectivity index (χ0v) is 15.8. The molecule has 0 saturated heterocycles. The minimum Gasteiger partial charge on any atom is -0.293 e. The van der Waals surface area contributed by atoms with Crippen molar-refractivity contribution in [2.45, 2.75) is 12.7 Å². The number of benzene rings is 2. The van der Waals surface area contributed by atoms with Crippen molar-refractivity contribution >= 4 is 27.9 Å². The van der Waals surface area contributed by atoms with Gasteiger partial charge in [-0.3, -0.25) is 19.5 Å². The van der Waals surface area contributed by atoms with Gasteiger partial charge in [0.2, 0.25) is 0 Å². The van der Waals surface area contributed by atoms with Crippen LogP contribution in [0.3, 0.4) is 0 Å². The topological polar surface area (TPSA) is 90.9 Å². The molecular weight excluding hydrogens is 421 g/mol. The Balaban J connectivity index is 1.60. The van der Waals surface area contributed by atoms with Gasteiger partial charge in [0.1, 0.15) is 5.01 Å². The summed E-state index contributed by atoms with van der Waals surface area (Å²) < 4.78 is 39.4. The highest BCUT2D eigenvalue weighted by Crippen LogP contribution is 2.31. The van der Waals surface area contributed by atoms with Gasteiger partial charge in [-0.2, -0.15) is 13.2 Å². The van der Waals surface area contributed by atoms with Crippen LogP contribution in [-0.4, -0.2) is 19.5 Å². The van der Waals surface area contributed by atoms with Crippen molar-refractivity contribution < 1.29 is 18.1 Å². The Kier molecular flexibility index (Phi) is 4.82. The van der Waals surface area contributed by atoms with Crippen molar-refractivity contribution in [3.63, 3.8) is 0 Å². The lowest BCUT2D eigenvalue weighted by atomic mass is 10.1. The summed E-state index contributed by atoms with van der Waals surface area (Å²) >= 11 is 1.25. The highest BCUT2D eigenvalue weighted by atomic mass is 32.1. The van der Waals surface area contributed by atoms with E-state index in [1.54, 1.807) is 5.38 Å². The number of non-ortho nitro benzene ring substituents is 1. The number of thiazole rings is 1. The van der Waals surface area contributed by atoms with Crippen LogP contribution in [0.15, 0.2) is 59.0 Å². The Morgan fingerprint density at radius 1 is 1.13 bits per heavy atom. The molecule has 0 aliphatic rings. The van der Waals surface area contributed by atoms with Gasteiger partial charge in [0.15, 0.2) is 0 Å². The fourth-order valence-electron chi connectivity index (χ4n) is 2.86. The lowest BCUT2D eigenvalue weighted by molar-refractivity contribution is -0.384. The fourth-order valence-corrected chi connectivity index (χ4v) is 3.68. The minimum atomic E-state index is -4.41. The summed E-state index contributed by atoms with van der Waals surface area (Å²) in [6.45, 7) is 0.107. The summed E-state index contributed by atoms with van der Waals surface area (Å²) in [7, 11) is 0. The second kappa shape index (κ2) is 7.34. The van der Waals surface area contributed by atoms with Crippen molar-refractivity contribution in [3.05, 3.63) is 85.9 Å². The normalized spacial score (nSPS) is 11.7. The van der Waals surface area contributed by atoms with Crippen LogP contribution < -0.4 is 5.56 Å². The third-order valence-corrected chi connectivity index (χ3v) is 5.30. The molecule has 0 saturated carbocycles. The van der Waals surface area contributed by atoms with Gasteiger partial charge in [0.05, 0.1) is 40.0 Å². The van der Waals surface area contributed by atoms with Crippen LogP contribution in [0.5, 0.6) is 0 Å². The Morgan fingerprint density at radius 2 is 1.87 bits per heavy atom. The molecule has 152 valence electrons. The number of hydrogen-bond acceptors (Lipinski definition) is 6. The molecule has 0 amide bonds. The molecule has 0 fully saturated rings. The van der Waals surface area contributed by atoms with E-state index in [1.807, 2.05) is 0 Å². The average Bonchev–Trinajstić information content (AvgIpc) is 3.18. The monoisotopic (exact) mass is 432 g/mol. The second-order valence-electron chi connectivity index (χ2n) is 6.36. The average molecular weight is 432 g/mol. The molecule has 0 atom stereocenters. The Labute approximate surface area is 170 Å². The molecule has 0 radical (unpaired) electrons. The Morgan fingerprint density at radius 3 is 2.53 bits per heavy atom. The molecule has 30 heavy (non-hydrogen) atoms. The van der Waals surface area contributed by atoms with E-state index < -0.39 is 16.7 Å². The quantitative estimate of drug-likeness (QED) is 0.350. The van der Waals surface area contributed by atoms with Crippen molar-refractivity contribution in [2.24, 2.45) is 0 Å². The zero-order valence-electron chi connectivity index (χ0n) is 15.0. The van der Waals surface area contributed by atoms with Gasteiger partial charge in [0, 0.05) is 23.1 Å². The van der Waals surface area contributed by atoms with E-state index in [1.165, 1.54) is 52.6 Å². The number of nitrogens with zero attached hydrogens (tertiary/aromatic N) is 4. The molecule has 0 aliphatic heterocycles. The lowest BCUT2D eigenvalue weighted by Gasteiger charge is -2.06. The van der Waals surface area contributed by atoms with Gasteiger partial charge in [-0.05, 0) is 18.2 Å². The first kappa shape index (κ1) is 19.7. The summed E-state index contributed by atoms with van der Waals surface area (Å²) in [5, 5.41) is 13.3. The maximum Gasteiger partial charge on any atom is 0.416 e. The van der Waals surface area contributed by atoms with Gasteiger partial charge in [-0.1, -0.05) is 12.1 Å². The predicted octanol–water partition coefficient (Wildman–Crippen LogP) is 4.50. The Hall–Kier alpha value is -3.60. The van der Waals surface area contributed by atoms with E-state index in [-0.39, 0.29) is 28.7 Å². The van der Waals surface area contributed by atoms with E-state index in [4.69, 9.17) is 0 Å². The molecule has 2 heterocycles. The zero-order chi connectivity index (χ0) is 21.5. The third kappa shape index (κ3) is 3.79. The SMILES string of the molecule is O=c1c2ccc([N+](=O)[O-])cc2ncn1Cc1csc(-c2ccc(C(F)(F)F)cc2)n1. The Bertz CT molecular complexity index is 1310. The van der Waals surface area contributed by atoms with Gasteiger partial charge in [-0.25, -0.2) is 9.97 Å². The lowest BCUT2D eigenvalue weighted by Crippen LogP contribution is -2.21. The number of aromatic nitrogens is 3. The van der Waals surface area contributed by atoms with Gasteiger partial charge in [0.25, 0.3) is 11.2 Å². The number of rotatable bonds is 4. The molecule has 0 N–H and O–H groups in total. The number of nitro benzene ring substituents is 1. The standard InChI is InChI=1S/C19H11F3N4O3S/c20-19(21,22)12-3-1-11(2-4-12)17-24-13(9-30-17)8-25-10-23-16-7-14(26(28)29)5-6-15(16)18(25)27/h1-7,9-10H,8H2. The van der Waals surface area contributed by atoms with Crippen molar-refractivity contribution in [2.75, 3.05) is 0 Å². The van der Waals surface area contributed by atoms with E-state index >= 15 is 0 Å². The molecule has 0 aliphatic carbocycles. The van der Waals surface area contributed by atoms with E-state index in [2.05, 4.69) is 9.97 Å². The first-order chi connectivity index (χ1) is 14.2. The summed E-state index contributed by atoms with van der Waals surface area (Å²) in [5.74, 6) is 0. The van der Waals surface area contributed by atoms with Crippen LogP contribution in [0.4, 0.5) is 18.9 Å². The molecular formula is C19H11F3N4O3S. The summed E-state index contributed by atoms with van der Waals surface area (Å²) in [4.78, 5) is 31.4. The van der Waals surface area contributed by atoms with Gasteiger partial charge < -0.3 is 0 Å². The highest BCUT2D eigenvalue weighted by molar-refractivity contribution is 7.13. The molecule has 4 aromatic rings. The predicted molar refractivity (Wildman–Crippen MR) is 104 cm³/mol. The molecule has 2 aromatic heterocycles. The van der Waals surface area contributed by atoms with Crippen LogP contribution in [0.25, 0.3) is 21.5 Å². The summed E-state index contributed by atoms with van der Waals surface area (Å²) in [6.07, 6.45) is -3.12. The minimum absolute atomic E-state index is 0.107. The van der Waals surface area contributed by atoms with Crippen LogP contribution in [-0.2, 0) is 12.7 Å². The number of alkyl halides is 3. The molecule has 4 rings (SSSR count). The van der Waals surface area contributed by atoms with E-state index in [0.29, 0.717) is 16.3 Å². The molecule has 7 nitrogen and oxygen atoms in total. The number of fused-ring (bicyclic) bond motifs is 1. The van der Waals surface area contributed by atoms with Gasteiger partial charge in [-0.15, -0.1) is 11.3 Å². The summed E-state index contributed by atoms with van der Waals surface area (Å²) in [5.41, 5.74) is 0.0219. The molecule has 0 bridgehead atoms. The fraction of sp³-hybridized carbons (Fsp3) is 0.105. The van der Waals surface area contributed by atoms with Crippen LogP contribution in [0, 0.1) is 10.1 Å². The van der Waals surface area contributed by atoms with Crippen molar-refractivity contribution in [1.82, 2.24) is 14.5 Å². The summed E-state index contributed by atoms with van der Waals surface area (Å²) in [6, 6.07) is 8.51. The first-order valence-corrected chi connectivity index (χ1v) is 9.36. The smallest absolute Gasteiger partial charge is 0.293 e. The van der Waals surface area contributed by atoms with E-state index in [9.17, 15) is 28.1 Å². The first-order valence-electron chi connectivity index (χ1n) is 8.48. The maximum atomic E-state index is 12.7. The molecule has 0 unspecified atom stereocenters. The van der Waals surface area contributed by atoms with Crippen molar-refractivity contribution in [1.29, 1.82) is 0 Å². The number of halogens is 3. The number of hydrogen-bond donors (Lipinski definition) is 0.